The molecule has 1 aromatic carbocycles. The zero-order chi connectivity index (χ0) is 14.3. The summed E-state index contributed by atoms with van der Waals surface area (Å²) in [6.07, 6.45) is 0.308. The monoisotopic (exact) mass is 265 g/mol. The van der Waals surface area contributed by atoms with Gasteiger partial charge >= 0.3 is 0 Å². The molecule has 0 spiro atoms. The van der Waals surface area contributed by atoms with Gasteiger partial charge in [-0.25, -0.2) is 0 Å². The van der Waals surface area contributed by atoms with E-state index in [1.165, 1.54) is 5.56 Å². The van der Waals surface area contributed by atoms with Crippen LogP contribution in [0.4, 0.5) is 0 Å². The molecule has 0 bridgehead atoms. The Balaban J connectivity index is 2.45. The van der Waals surface area contributed by atoms with Crippen molar-refractivity contribution in [1.29, 1.82) is 0 Å². The number of aryl methyl sites for hydroxylation is 2. The van der Waals surface area contributed by atoms with Crippen LogP contribution in [-0.4, -0.2) is 32.3 Å². The van der Waals surface area contributed by atoms with Crippen LogP contribution >= 0.6 is 0 Å². The molecule has 0 fully saturated rings. The van der Waals surface area contributed by atoms with Crippen molar-refractivity contribution < 1.29 is 14.3 Å². The van der Waals surface area contributed by atoms with Crippen LogP contribution in [0, 0.1) is 13.8 Å². The minimum absolute atomic E-state index is 0.101. The summed E-state index contributed by atoms with van der Waals surface area (Å²) in [6.45, 7) is 7.01. The lowest BCUT2D eigenvalue weighted by Crippen LogP contribution is -2.37. The number of ether oxygens (including phenoxy) is 2. The van der Waals surface area contributed by atoms with Crippen molar-refractivity contribution in [2.45, 2.75) is 33.3 Å². The lowest BCUT2D eigenvalue weighted by atomic mass is 10.1. The minimum atomic E-state index is -0.496. The summed E-state index contributed by atoms with van der Waals surface area (Å²) in [5.74, 6) is 0.654. The fourth-order valence-corrected chi connectivity index (χ4v) is 1.75. The average molecular weight is 265 g/mol. The Morgan fingerprint density at radius 3 is 2.74 bits per heavy atom. The van der Waals surface area contributed by atoms with Crippen LogP contribution in [0.25, 0.3) is 0 Å². The van der Waals surface area contributed by atoms with Gasteiger partial charge in [0.2, 0.25) is 0 Å². The molecule has 0 aliphatic carbocycles. The van der Waals surface area contributed by atoms with Gasteiger partial charge in [0.1, 0.15) is 5.75 Å². The van der Waals surface area contributed by atoms with Gasteiger partial charge in [0.25, 0.3) is 5.91 Å². The van der Waals surface area contributed by atoms with Gasteiger partial charge in [0.15, 0.2) is 6.10 Å². The molecule has 0 aliphatic rings. The summed E-state index contributed by atoms with van der Waals surface area (Å²) in [6, 6.07) is 5.92. The number of nitrogens with one attached hydrogen (secondary N) is 1. The fraction of sp³-hybridized carbons (Fsp3) is 0.533. The van der Waals surface area contributed by atoms with Crippen molar-refractivity contribution >= 4 is 5.91 Å². The third-order valence-corrected chi connectivity index (χ3v) is 2.83. The number of carbonyl (C=O) groups excluding carboxylic acids is 1. The molecule has 4 nitrogen and oxygen atoms in total. The highest BCUT2D eigenvalue weighted by atomic mass is 16.5. The van der Waals surface area contributed by atoms with Crippen LogP contribution in [0.1, 0.15) is 24.5 Å². The summed E-state index contributed by atoms with van der Waals surface area (Å²) in [4.78, 5) is 11.8. The molecule has 0 saturated carbocycles. The molecule has 0 aromatic heterocycles. The molecule has 0 heterocycles. The van der Waals surface area contributed by atoms with E-state index in [4.69, 9.17) is 9.47 Å². The van der Waals surface area contributed by atoms with E-state index in [1.54, 1.807) is 14.0 Å². The smallest absolute Gasteiger partial charge is 0.260 e. The number of hydrogen-bond donors (Lipinski definition) is 1. The van der Waals surface area contributed by atoms with Gasteiger partial charge in [-0.05, 0) is 38.8 Å². The molecule has 1 amide bonds. The number of amides is 1. The second kappa shape index (κ2) is 7.79. The van der Waals surface area contributed by atoms with Crippen LogP contribution in [0.15, 0.2) is 18.2 Å². The van der Waals surface area contributed by atoms with Crippen molar-refractivity contribution in [3.8, 4) is 5.75 Å². The quantitative estimate of drug-likeness (QED) is 0.769. The van der Waals surface area contributed by atoms with Gasteiger partial charge in [0, 0.05) is 20.3 Å². The van der Waals surface area contributed by atoms with Gasteiger partial charge in [-0.1, -0.05) is 17.7 Å². The number of rotatable bonds is 7. The number of benzene rings is 1. The summed E-state index contributed by atoms with van der Waals surface area (Å²) >= 11 is 0. The van der Waals surface area contributed by atoms with E-state index >= 15 is 0 Å². The fourth-order valence-electron chi connectivity index (χ4n) is 1.75. The molecule has 4 heteroatoms. The first kappa shape index (κ1) is 15.5. The minimum Gasteiger partial charge on any atom is -0.481 e. The zero-order valence-electron chi connectivity index (χ0n) is 12.2. The van der Waals surface area contributed by atoms with E-state index < -0.39 is 6.10 Å². The van der Waals surface area contributed by atoms with Gasteiger partial charge in [-0.2, -0.15) is 0 Å². The molecule has 0 saturated heterocycles. The van der Waals surface area contributed by atoms with Gasteiger partial charge < -0.3 is 14.8 Å². The largest absolute Gasteiger partial charge is 0.481 e. The molecular formula is C15H23NO3. The molecule has 1 unspecified atom stereocenters. The van der Waals surface area contributed by atoms with E-state index in [0.29, 0.717) is 13.2 Å². The first-order valence-electron chi connectivity index (χ1n) is 6.55. The van der Waals surface area contributed by atoms with Crippen molar-refractivity contribution in [3.05, 3.63) is 29.3 Å². The van der Waals surface area contributed by atoms with Crippen molar-refractivity contribution in [1.82, 2.24) is 5.32 Å². The van der Waals surface area contributed by atoms with E-state index in [2.05, 4.69) is 5.32 Å². The third kappa shape index (κ3) is 5.30. The Kier molecular flexibility index (Phi) is 6.36. The van der Waals surface area contributed by atoms with Crippen LogP contribution in [0.2, 0.25) is 0 Å². The maximum Gasteiger partial charge on any atom is 0.260 e. The summed E-state index contributed by atoms with van der Waals surface area (Å²) in [5.41, 5.74) is 2.22. The number of methoxy groups -OCH3 is 1. The number of carbonyl (C=O) groups is 1. The van der Waals surface area contributed by atoms with Gasteiger partial charge in [-0.3, -0.25) is 4.79 Å². The van der Waals surface area contributed by atoms with E-state index in [0.717, 1.165) is 17.7 Å². The highest BCUT2D eigenvalue weighted by Crippen LogP contribution is 2.19. The first-order chi connectivity index (χ1) is 9.04. The Bertz CT molecular complexity index is 418. The topological polar surface area (TPSA) is 47.6 Å². The van der Waals surface area contributed by atoms with Crippen molar-refractivity contribution in [3.63, 3.8) is 0 Å². The normalized spacial score (nSPS) is 12.0. The van der Waals surface area contributed by atoms with Gasteiger partial charge in [0.05, 0.1) is 0 Å². The molecule has 19 heavy (non-hydrogen) atoms. The lowest BCUT2D eigenvalue weighted by Gasteiger charge is -2.16. The average Bonchev–Trinajstić information content (AvgIpc) is 2.37. The second-order valence-corrected chi connectivity index (χ2v) is 4.67. The van der Waals surface area contributed by atoms with Crippen LogP contribution in [0.5, 0.6) is 5.75 Å². The number of hydrogen-bond acceptors (Lipinski definition) is 3. The summed E-state index contributed by atoms with van der Waals surface area (Å²) in [5, 5.41) is 2.82. The molecule has 106 valence electrons. The van der Waals surface area contributed by atoms with Crippen LogP contribution in [0.3, 0.4) is 0 Å². The molecule has 1 N–H and O–H groups in total. The molecule has 0 radical (unpaired) electrons. The summed E-state index contributed by atoms with van der Waals surface area (Å²) in [7, 11) is 1.65. The van der Waals surface area contributed by atoms with E-state index in [-0.39, 0.29) is 5.91 Å². The third-order valence-electron chi connectivity index (χ3n) is 2.83. The first-order valence-corrected chi connectivity index (χ1v) is 6.55. The maximum absolute atomic E-state index is 11.8. The Hall–Kier alpha value is -1.55. The Morgan fingerprint density at radius 2 is 2.11 bits per heavy atom. The maximum atomic E-state index is 11.8. The van der Waals surface area contributed by atoms with E-state index in [1.807, 2.05) is 32.0 Å². The lowest BCUT2D eigenvalue weighted by molar-refractivity contribution is -0.127. The summed E-state index contributed by atoms with van der Waals surface area (Å²) < 4.78 is 10.6. The van der Waals surface area contributed by atoms with E-state index in [9.17, 15) is 4.79 Å². The Morgan fingerprint density at radius 1 is 1.37 bits per heavy atom. The predicted molar refractivity (Wildman–Crippen MR) is 75.5 cm³/mol. The predicted octanol–water partition coefficient (Wildman–Crippen LogP) is 2.22. The van der Waals surface area contributed by atoms with Gasteiger partial charge in [-0.15, -0.1) is 0 Å². The second-order valence-electron chi connectivity index (χ2n) is 4.67. The zero-order valence-corrected chi connectivity index (χ0v) is 12.2. The SMILES string of the molecule is COCCCNC(=O)C(C)Oc1ccc(C)cc1C. The van der Waals surface area contributed by atoms with Crippen LogP contribution < -0.4 is 10.1 Å². The van der Waals surface area contributed by atoms with Crippen LogP contribution in [-0.2, 0) is 9.53 Å². The molecule has 1 atom stereocenters. The molecular weight excluding hydrogens is 242 g/mol. The standard InChI is InChI=1S/C15H23NO3/c1-11-6-7-14(12(2)10-11)19-13(3)15(17)16-8-5-9-18-4/h6-7,10,13H,5,8-9H2,1-4H3,(H,16,17). The van der Waals surface area contributed by atoms with Crippen molar-refractivity contribution in [2.24, 2.45) is 0 Å². The Labute approximate surface area is 115 Å². The molecule has 1 aromatic rings. The molecule has 1 rings (SSSR count). The highest BCUT2D eigenvalue weighted by molar-refractivity contribution is 5.80. The molecule has 0 aliphatic heterocycles. The van der Waals surface area contributed by atoms with Crippen molar-refractivity contribution in [2.75, 3.05) is 20.3 Å². The highest BCUT2D eigenvalue weighted by Gasteiger charge is 2.14.